The highest BCUT2D eigenvalue weighted by Crippen LogP contribution is 2.37. The second-order valence-electron chi connectivity index (χ2n) is 6.62. The summed E-state index contributed by atoms with van der Waals surface area (Å²) in [6.45, 7) is 2.65. The van der Waals surface area contributed by atoms with Crippen molar-refractivity contribution in [2.75, 3.05) is 45.8 Å². The van der Waals surface area contributed by atoms with E-state index in [1.165, 1.54) is 0 Å². The third kappa shape index (κ3) is 4.08. The van der Waals surface area contributed by atoms with E-state index < -0.39 is 0 Å². The van der Waals surface area contributed by atoms with Crippen LogP contribution in [0.2, 0.25) is 5.02 Å². The minimum atomic E-state index is -0.161. The van der Waals surface area contributed by atoms with Gasteiger partial charge in [0, 0.05) is 32.5 Å². The van der Waals surface area contributed by atoms with Gasteiger partial charge in [0.2, 0.25) is 5.91 Å². The van der Waals surface area contributed by atoms with Crippen LogP contribution in [0, 0.1) is 0 Å². The molecule has 2 atom stereocenters. The van der Waals surface area contributed by atoms with Crippen molar-refractivity contribution in [3.63, 3.8) is 0 Å². The molecular formula is C18H25ClN2O4. The number of carbonyl (C=O) groups excluding carboxylic acids is 1. The number of likely N-dealkylation sites (tertiary alicyclic amines) is 1. The fraction of sp³-hybridized carbons (Fsp3) is 0.611. The van der Waals surface area contributed by atoms with Crippen molar-refractivity contribution in [2.24, 2.45) is 0 Å². The predicted molar refractivity (Wildman–Crippen MR) is 96.4 cm³/mol. The molecule has 6 nitrogen and oxygen atoms in total. The maximum atomic E-state index is 12.4. The lowest BCUT2D eigenvalue weighted by Crippen LogP contribution is -2.57. The van der Waals surface area contributed by atoms with Gasteiger partial charge in [-0.1, -0.05) is 11.6 Å². The molecule has 2 saturated heterocycles. The number of amides is 1. The quantitative estimate of drug-likeness (QED) is 0.865. The van der Waals surface area contributed by atoms with Gasteiger partial charge in [-0.25, -0.2) is 0 Å². The third-order valence-electron chi connectivity index (χ3n) is 5.08. The molecule has 1 aromatic rings. The highest BCUT2D eigenvalue weighted by Gasteiger charge is 2.46. The van der Waals surface area contributed by atoms with E-state index in [0.717, 1.165) is 32.4 Å². The second kappa shape index (κ2) is 7.91. The molecule has 138 valence electrons. The van der Waals surface area contributed by atoms with Crippen molar-refractivity contribution in [3.8, 4) is 5.75 Å². The molecular weight excluding hydrogens is 344 g/mol. The Morgan fingerprint density at radius 2 is 2.28 bits per heavy atom. The van der Waals surface area contributed by atoms with Crippen molar-refractivity contribution in [1.29, 1.82) is 0 Å². The Hall–Kier alpha value is -1.34. The minimum Gasteiger partial charge on any atom is -0.495 e. The molecule has 25 heavy (non-hydrogen) atoms. The van der Waals surface area contributed by atoms with Crippen LogP contribution < -0.4 is 10.1 Å². The average molecular weight is 369 g/mol. The number of methoxy groups -OCH3 is 2. The van der Waals surface area contributed by atoms with E-state index in [1.54, 1.807) is 32.4 Å². The van der Waals surface area contributed by atoms with Crippen LogP contribution in [0.25, 0.3) is 0 Å². The summed E-state index contributed by atoms with van der Waals surface area (Å²) in [5, 5.41) is 3.35. The van der Waals surface area contributed by atoms with Crippen molar-refractivity contribution < 1.29 is 19.0 Å². The summed E-state index contributed by atoms with van der Waals surface area (Å²) in [5.74, 6) is 0.514. The Morgan fingerprint density at radius 3 is 2.92 bits per heavy atom. The van der Waals surface area contributed by atoms with Gasteiger partial charge in [-0.15, -0.1) is 0 Å². The summed E-state index contributed by atoms with van der Waals surface area (Å²) in [6, 6.07) is 5.20. The van der Waals surface area contributed by atoms with Gasteiger partial charge < -0.3 is 19.5 Å². The molecule has 0 radical (unpaired) electrons. The smallest absolute Gasteiger partial charge is 0.238 e. The number of nitrogens with zero attached hydrogens (tertiary/aromatic N) is 1. The normalized spacial score (nSPS) is 26.8. The van der Waals surface area contributed by atoms with Gasteiger partial charge in [-0.05, 0) is 37.5 Å². The van der Waals surface area contributed by atoms with Gasteiger partial charge in [0.05, 0.1) is 30.4 Å². The SMILES string of the molecule is COc1ccc(NC(=O)CN2CC[C@@]3(CCCO3)[C@@H](OC)C2)cc1Cl. The molecule has 3 rings (SSSR count). The maximum absolute atomic E-state index is 12.4. The second-order valence-corrected chi connectivity index (χ2v) is 7.03. The number of piperidine rings is 1. The van der Waals surface area contributed by atoms with Gasteiger partial charge >= 0.3 is 0 Å². The first-order valence-electron chi connectivity index (χ1n) is 8.59. The fourth-order valence-corrected chi connectivity index (χ4v) is 4.01. The minimum absolute atomic E-state index is 0.00646. The number of rotatable bonds is 5. The molecule has 2 heterocycles. The molecule has 1 spiro atoms. The fourth-order valence-electron chi connectivity index (χ4n) is 3.75. The van der Waals surface area contributed by atoms with Crippen LogP contribution >= 0.6 is 11.6 Å². The standard InChI is InChI=1S/C18H25ClN2O4/c1-23-15-5-4-13(10-14(15)19)20-17(22)12-21-8-7-18(6-3-9-25-18)16(11-21)24-2/h4-5,10,16H,3,6-9,11-12H2,1-2H3,(H,20,22)/t16-,18-/m0/s1. The van der Waals surface area contributed by atoms with Crippen LogP contribution in [0.4, 0.5) is 5.69 Å². The van der Waals surface area contributed by atoms with Crippen molar-refractivity contribution in [1.82, 2.24) is 4.90 Å². The Bertz CT molecular complexity index is 619. The van der Waals surface area contributed by atoms with Crippen LogP contribution in [-0.4, -0.2) is 63.0 Å². The first kappa shape index (κ1) is 18.5. The van der Waals surface area contributed by atoms with Crippen LogP contribution in [0.5, 0.6) is 5.75 Å². The Morgan fingerprint density at radius 1 is 1.44 bits per heavy atom. The van der Waals surface area contributed by atoms with E-state index in [2.05, 4.69) is 10.2 Å². The van der Waals surface area contributed by atoms with E-state index >= 15 is 0 Å². The number of nitrogens with one attached hydrogen (secondary N) is 1. The van der Waals surface area contributed by atoms with Gasteiger partial charge in [-0.2, -0.15) is 0 Å². The number of carbonyl (C=O) groups is 1. The number of ether oxygens (including phenoxy) is 3. The lowest BCUT2D eigenvalue weighted by Gasteiger charge is -2.44. The monoisotopic (exact) mass is 368 g/mol. The zero-order valence-corrected chi connectivity index (χ0v) is 15.5. The van der Waals surface area contributed by atoms with Gasteiger partial charge in [0.25, 0.3) is 0 Å². The van der Waals surface area contributed by atoms with Crippen molar-refractivity contribution in [2.45, 2.75) is 31.0 Å². The number of benzene rings is 1. The van der Waals surface area contributed by atoms with Crippen LogP contribution in [0.3, 0.4) is 0 Å². The molecule has 2 aliphatic rings. The Kier molecular flexibility index (Phi) is 5.84. The Balaban J connectivity index is 1.55. The highest BCUT2D eigenvalue weighted by molar-refractivity contribution is 6.32. The molecule has 0 aliphatic carbocycles. The topological polar surface area (TPSA) is 60.0 Å². The molecule has 2 aliphatic heterocycles. The summed E-state index contributed by atoms with van der Waals surface area (Å²) in [5.41, 5.74) is 0.498. The summed E-state index contributed by atoms with van der Waals surface area (Å²) in [4.78, 5) is 14.5. The summed E-state index contributed by atoms with van der Waals surface area (Å²) < 4.78 is 16.8. The largest absolute Gasteiger partial charge is 0.495 e. The molecule has 0 unspecified atom stereocenters. The number of hydrogen-bond donors (Lipinski definition) is 1. The number of hydrogen-bond acceptors (Lipinski definition) is 5. The summed E-state index contributed by atoms with van der Waals surface area (Å²) >= 11 is 6.09. The summed E-state index contributed by atoms with van der Waals surface area (Å²) in [6.07, 6.45) is 3.02. The van der Waals surface area contributed by atoms with E-state index in [-0.39, 0.29) is 17.6 Å². The molecule has 0 aromatic heterocycles. The number of halogens is 1. The molecule has 1 amide bonds. The van der Waals surface area contributed by atoms with E-state index in [1.807, 2.05) is 0 Å². The highest BCUT2D eigenvalue weighted by atomic mass is 35.5. The first-order chi connectivity index (χ1) is 12.1. The average Bonchev–Trinajstić information content (AvgIpc) is 3.06. The van der Waals surface area contributed by atoms with E-state index in [4.69, 9.17) is 25.8 Å². The molecule has 0 bridgehead atoms. The van der Waals surface area contributed by atoms with E-state index in [0.29, 0.717) is 29.5 Å². The lowest BCUT2D eigenvalue weighted by molar-refractivity contribution is -0.145. The molecule has 0 saturated carbocycles. The molecule has 2 fully saturated rings. The van der Waals surface area contributed by atoms with Crippen molar-refractivity contribution in [3.05, 3.63) is 23.2 Å². The third-order valence-corrected chi connectivity index (χ3v) is 5.38. The van der Waals surface area contributed by atoms with Gasteiger partial charge in [0.1, 0.15) is 5.75 Å². The summed E-state index contributed by atoms with van der Waals surface area (Å²) in [7, 11) is 3.28. The van der Waals surface area contributed by atoms with Gasteiger partial charge in [0.15, 0.2) is 0 Å². The van der Waals surface area contributed by atoms with Gasteiger partial charge in [-0.3, -0.25) is 9.69 Å². The maximum Gasteiger partial charge on any atom is 0.238 e. The predicted octanol–water partition coefficient (Wildman–Crippen LogP) is 2.56. The number of anilines is 1. The zero-order chi connectivity index (χ0) is 17.9. The van der Waals surface area contributed by atoms with Crippen LogP contribution in [0.15, 0.2) is 18.2 Å². The zero-order valence-electron chi connectivity index (χ0n) is 14.7. The van der Waals surface area contributed by atoms with Crippen LogP contribution in [0.1, 0.15) is 19.3 Å². The van der Waals surface area contributed by atoms with Crippen molar-refractivity contribution >= 4 is 23.2 Å². The first-order valence-corrected chi connectivity index (χ1v) is 8.96. The van der Waals surface area contributed by atoms with Crippen LogP contribution in [-0.2, 0) is 14.3 Å². The molecule has 1 aromatic carbocycles. The van der Waals surface area contributed by atoms with E-state index in [9.17, 15) is 4.79 Å². The molecule has 7 heteroatoms. The molecule has 1 N–H and O–H groups in total. The lowest BCUT2D eigenvalue weighted by atomic mass is 9.86. The Labute approximate surface area is 153 Å².